The third-order valence-electron chi connectivity index (χ3n) is 2.80. The highest BCUT2D eigenvalue weighted by Crippen LogP contribution is 2.23. The van der Waals surface area contributed by atoms with Crippen LogP contribution in [0.1, 0.15) is 11.9 Å². The first-order valence-electron chi connectivity index (χ1n) is 5.52. The molecule has 0 aliphatic rings. The molecular formula is C12H10N4O3. The van der Waals surface area contributed by atoms with E-state index in [4.69, 9.17) is 15.3 Å². The maximum atomic E-state index is 10.8. The van der Waals surface area contributed by atoms with E-state index in [1.807, 2.05) is 12.1 Å². The van der Waals surface area contributed by atoms with Crippen LogP contribution in [0.25, 0.3) is 22.4 Å². The molecule has 3 rings (SSSR count). The van der Waals surface area contributed by atoms with Gasteiger partial charge in [-0.25, -0.2) is 9.97 Å². The third-order valence-corrected chi connectivity index (χ3v) is 2.80. The van der Waals surface area contributed by atoms with Gasteiger partial charge in [-0.05, 0) is 12.1 Å². The summed E-state index contributed by atoms with van der Waals surface area (Å²) < 4.78 is 5.21. The highest BCUT2D eigenvalue weighted by Gasteiger charge is 2.18. The second-order valence-corrected chi connectivity index (χ2v) is 4.03. The Morgan fingerprint density at radius 2 is 2.26 bits per heavy atom. The van der Waals surface area contributed by atoms with Crippen molar-refractivity contribution >= 4 is 17.1 Å². The van der Waals surface area contributed by atoms with E-state index in [-0.39, 0.29) is 5.82 Å². The Bertz CT molecular complexity index is 746. The minimum atomic E-state index is -1.16. The number of carboxylic acid groups (broad SMARTS) is 1. The molecule has 7 heteroatoms. The number of aromatic nitrogens is 3. The van der Waals surface area contributed by atoms with Gasteiger partial charge in [0.25, 0.3) is 0 Å². The Hall–Kier alpha value is -2.67. The minimum absolute atomic E-state index is 0.208. The zero-order valence-electron chi connectivity index (χ0n) is 9.70. The highest BCUT2D eigenvalue weighted by atomic mass is 16.4. The van der Waals surface area contributed by atoms with E-state index in [2.05, 4.69) is 15.0 Å². The first-order valence-corrected chi connectivity index (χ1v) is 5.52. The van der Waals surface area contributed by atoms with Gasteiger partial charge in [-0.2, -0.15) is 0 Å². The summed E-state index contributed by atoms with van der Waals surface area (Å²) in [5, 5.41) is 8.82. The lowest BCUT2D eigenvalue weighted by atomic mass is 10.1. The molecule has 0 fully saturated rings. The highest BCUT2D eigenvalue weighted by molar-refractivity contribution is 5.79. The van der Waals surface area contributed by atoms with Crippen LogP contribution in [-0.4, -0.2) is 26.0 Å². The molecule has 1 atom stereocenters. The van der Waals surface area contributed by atoms with Crippen molar-refractivity contribution in [2.75, 3.05) is 0 Å². The van der Waals surface area contributed by atoms with Crippen LogP contribution in [0.4, 0.5) is 0 Å². The van der Waals surface area contributed by atoms with Gasteiger partial charge in [-0.15, -0.1) is 0 Å². The fourth-order valence-corrected chi connectivity index (χ4v) is 1.78. The van der Waals surface area contributed by atoms with Crippen LogP contribution in [0, 0.1) is 0 Å². The van der Waals surface area contributed by atoms with Crippen molar-refractivity contribution in [2.45, 2.75) is 6.04 Å². The number of carbonyl (C=O) groups is 1. The zero-order valence-corrected chi connectivity index (χ0v) is 9.70. The lowest BCUT2D eigenvalue weighted by Gasteiger charge is -2.01. The van der Waals surface area contributed by atoms with Crippen molar-refractivity contribution in [1.29, 1.82) is 0 Å². The molecule has 0 bridgehead atoms. The maximum Gasteiger partial charge on any atom is 0.328 e. The number of nitrogens with zero attached hydrogens (tertiary/aromatic N) is 2. The minimum Gasteiger partial charge on any atom is -0.480 e. The number of oxazole rings is 1. The normalized spacial score (nSPS) is 12.7. The number of hydrogen-bond acceptors (Lipinski definition) is 5. The lowest BCUT2D eigenvalue weighted by Crippen LogP contribution is -2.21. The number of carboxylic acids is 1. The van der Waals surface area contributed by atoms with Gasteiger partial charge in [-0.3, -0.25) is 4.79 Å². The number of imidazole rings is 1. The monoisotopic (exact) mass is 258 g/mol. The molecule has 1 unspecified atom stereocenters. The van der Waals surface area contributed by atoms with E-state index in [0.29, 0.717) is 11.3 Å². The van der Waals surface area contributed by atoms with E-state index in [9.17, 15) is 4.79 Å². The van der Waals surface area contributed by atoms with E-state index in [1.54, 1.807) is 6.07 Å². The molecule has 0 saturated carbocycles. The van der Waals surface area contributed by atoms with Crippen molar-refractivity contribution in [2.24, 2.45) is 5.73 Å². The standard InChI is InChI=1S/C12H10N4O3/c13-10(12(17)18)11-14-4-8(16-11)6-1-2-7-9(3-6)19-5-15-7/h1-5,10H,13H2,(H,14,16)(H,17,18). The van der Waals surface area contributed by atoms with Crippen molar-refractivity contribution in [3.8, 4) is 11.3 Å². The molecule has 2 heterocycles. The summed E-state index contributed by atoms with van der Waals surface area (Å²) in [4.78, 5) is 21.7. The average Bonchev–Trinajstić information content (AvgIpc) is 3.05. The fraction of sp³-hybridized carbons (Fsp3) is 0.0833. The molecule has 0 radical (unpaired) electrons. The number of aliphatic carboxylic acids is 1. The van der Waals surface area contributed by atoms with E-state index < -0.39 is 12.0 Å². The molecule has 19 heavy (non-hydrogen) atoms. The number of rotatable bonds is 3. The van der Waals surface area contributed by atoms with Crippen LogP contribution >= 0.6 is 0 Å². The Balaban J connectivity index is 1.99. The topological polar surface area (TPSA) is 118 Å². The summed E-state index contributed by atoms with van der Waals surface area (Å²) in [5.41, 5.74) is 8.38. The second kappa shape index (κ2) is 4.21. The third kappa shape index (κ3) is 1.95. The molecule has 0 aliphatic heterocycles. The lowest BCUT2D eigenvalue weighted by molar-refractivity contribution is -0.138. The molecule has 3 aromatic rings. The molecule has 4 N–H and O–H groups in total. The number of aromatic amines is 1. The van der Waals surface area contributed by atoms with E-state index >= 15 is 0 Å². The van der Waals surface area contributed by atoms with Crippen LogP contribution in [-0.2, 0) is 4.79 Å². The van der Waals surface area contributed by atoms with Crippen molar-refractivity contribution in [3.63, 3.8) is 0 Å². The number of hydrogen-bond donors (Lipinski definition) is 3. The Kier molecular flexibility index (Phi) is 2.53. The molecule has 0 saturated heterocycles. The first kappa shape index (κ1) is 11.4. The first-order chi connectivity index (χ1) is 9.15. The van der Waals surface area contributed by atoms with Gasteiger partial charge in [0.15, 0.2) is 18.0 Å². The number of nitrogens with two attached hydrogens (primary N) is 1. The van der Waals surface area contributed by atoms with Crippen LogP contribution in [0.3, 0.4) is 0 Å². The summed E-state index contributed by atoms with van der Waals surface area (Å²) in [6.07, 6.45) is 2.91. The average molecular weight is 258 g/mol. The van der Waals surface area contributed by atoms with Crippen LogP contribution in [0.15, 0.2) is 35.2 Å². The van der Waals surface area contributed by atoms with Crippen molar-refractivity contribution in [3.05, 3.63) is 36.6 Å². The van der Waals surface area contributed by atoms with Gasteiger partial charge < -0.3 is 20.2 Å². The van der Waals surface area contributed by atoms with E-state index in [1.165, 1.54) is 12.6 Å². The summed E-state index contributed by atoms with van der Waals surface area (Å²) in [6.45, 7) is 0. The van der Waals surface area contributed by atoms with Gasteiger partial charge in [0.05, 0.1) is 11.9 Å². The van der Waals surface area contributed by atoms with Gasteiger partial charge in [0.1, 0.15) is 11.3 Å². The van der Waals surface area contributed by atoms with E-state index in [0.717, 1.165) is 11.1 Å². The van der Waals surface area contributed by atoms with Crippen LogP contribution in [0.2, 0.25) is 0 Å². The summed E-state index contributed by atoms with van der Waals surface area (Å²) in [7, 11) is 0. The Morgan fingerprint density at radius 3 is 3.05 bits per heavy atom. The molecule has 0 spiro atoms. The number of H-pyrrole nitrogens is 1. The predicted molar refractivity (Wildman–Crippen MR) is 66.2 cm³/mol. The quantitative estimate of drug-likeness (QED) is 0.651. The molecular weight excluding hydrogens is 248 g/mol. The zero-order chi connectivity index (χ0) is 13.4. The summed E-state index contributed by atoms with van der Waals surface area (Å²) >= 11 is 0. The fourth-order valence-electron chi connectivity index (χ4n) is 1.78. The molecule has 2 aromatic heterocycles. The summed E-state index contributed by atoms with van der Waals surface area (Å²) in [6, 6.07) is 4.29. The Morgan fingerprint density at radius 1 is 1.42 bits per heavy atom. The number of nitrogens with one attached hydrogen (secondary N) is 1. The molecule has 7 nitrogen and oxygen atoms in total. The molecule has 96 valence electrons. The Labute approximate surface area is 107 Å². The predicted octanol–water partition coefficient (Wildman–Crippen LogP) is 1.30. The second-order valence-electron chi connectivity index (χ2n) is 4.03. The SMILES string of the molecule is NC(C(=O)O)c1ncc(-c2ccc3ncoc3c2)[nH]1. The molecule has 0 amide bonds. The maximum absolute atomic E-state index is 10.8. The molecule has 0 aliphatic carbocycles. The van der Waals surface area contributed by atoms with Crippen LogP contribution < -0.4 is 5.73 Å². The van der Waals surface area contributed by atoms with Gasteiger partial charge in [0.2, 0.25) is 0 Å². The number of fused-ring (bicyclic) bond motifs is 1. The summed E-state index contributed by atoms with van der Waals surface area (Å²) in [5.74, 6) is -0.924. The molecule has 1 aromatic carbocycles. The van der Waals surface area contributed by atoms with Crippen LogP contribution in [0.5, 0.6) is 0 Å². The van der Waals surface area contributed by atoms with Gasteiger partial charge in [-0.1, -0.05) is 6.07 Å². The van der Waals surface area contributed by atoms with Crippen molar-refractivity contribution in [1.82, 2.24) is 15.0 Å². The van der Waals surface area contributed by atoms with Crippen molar-refractivity contribution < 1.29 is 14.3 Å². The van der Waals surface area contributed by atoms with Gasteiger partial charge in [0, 0.05) is 5.56 Å². The smallest absolute Gasteiger partial charge is 0.328 e. The van der Waals surface area contributed by atoms with Gasteiger partial charge >= 0.3 is 5.97 Å². The largest absolute Gasteiger partial charge is 0.480 e. The number of benzene rings is 1.